The minimum atomic E-state index is -0.156. The molecule has 8 nitrogen and oxygen atoms in total. The molecule has 0 spiro atoms. The number of rotatable bonds is 4. The number of quaternary nitrogens is 2. The third kappa shape index (κ3) is 3.68. The lowest BCUT2D eigenvalue weighted by atomic mass is 9.99. The second-order valence-corrected chi connectivity index (χ2v) is 9.51. The molecule has 2 fully saturated rings. The number of aromatic nitrogens is 5. The van der Waals surface area contributed by atoms with Crippen molar-refractivity contribution in [1.29, 1.82) is 0 Å². The summed E-state index contributed by atoms with van der Waals surface area (Å²) in [5.41, 5.74) is 3.95. The van der Waals surface area contributed by atoms with E-state index >= 15 is 0 Å². The van der Waals surface area contributed by atoms with Gasteiger partial charge in [-0.25, -0.2) is 4.68 Å². The van der Waals surface area contributed by atoms with Gasteiger partial charge in [0.05, 0.1) is 24.2 Å². The van der Waals surface area contributed by atoms with Gasteiger partial charge in [-0.15, -0.1) is 5.10 Å². The van der Waals surface area contributed by atoms with Crippen LogP contribution in [0.4, 0.5) is 0 Å². The Morgan fingerprint density at radius 2 is 1.81 bits per heavy atom. The molecule has 164 valence electrons. The quantitative estimate of drug-likeness (QED) is 0.540. The normalized spacial score (nSPS) is 23.5. The summed E-state index contributed by atoms with van der Waals surface area (Å²) in [7, 11) is 2.24. The number of nitrogens with one attached hydrogen (secondary N) is 3. The van der Waals surface area contributed by atoms with Crippen molar-refractivity contribution in [2.45, 2.75) is 51.6 Å². The number of hydrogen-bond donors (Lipinski definition) is 3. The third-order valence-electron chi connectivity index (χ3n) is 7.38. The second-order valence-electron chi connectivity index (χ2n) is 9.51. The lowest BCUT2D eigenvalue weighted by molar-refractivity contribution is -1.02. The van der Waals surface area contributed by atoms with Gasteiger partial charge in [-0.1, -0.05) is 25.0 Å². The molecule has 1 saturated heterocycles. The molecular formula is C23H33N7O+2. The zero-order valence-electron chi connectivity index (χ0n) is 18.7. The number of H-pyrrole nitrogens is 1. The van der Waals surface area contributed by atoms with Gasteiger partial charge in [0, 0.05) is 5.39 Å². The Bertz CT molecular complexity index is 1140. The SMILES string of the molecule is Cc1ccc(C)c2[nH]c(=O)c([C@H](c3nnnn3C3CCCC3)[NH+]3CC[NH+](C)CC3)cc12. The van der Waals surface area contributed by atoms with Crippen LogP contribution in [0.25, 0.3) is 10.9 Å². The van der Waals surface area contributed by atoms with Crippen LogP contribution >= 0.6 is 0 Å². The summed E-state index contributed by atoms with van der Waals surface area (Å²) in [4.78, 5) is 19.5. The largest absolute Gasteiger partial charge is 0.328 e. The number of hydrogen-bond acceptors (Lipinski definition) is 4. The molecule has 3 N–H and O–H groups in total. The van der Waals surface area contributed by atoms with Gasteiger partial charge in [-0.2, -0.15) is 0 Å². The van der Waals surface area contributed by atoms with Gasteiger partial charge < -0.3 is 14.8 Å². The van der Waals surface area contributed by atoms with E-state index in [1.807, 2.05) is 11.6 Å². The molecule has 5 rings (SSSR count). The van der Waals surface area contributed by atoms with E-state index in [0.717, 1.165) is 66.9 Å². The first-order chi connectivity index (χ1) is 15.0. The van der Waals surface area contributed by atoms with Gasteiger partial charge in [-0.3, -0.25) is 4.79 Å². The lowest BCUT2D eigenvalue weighted by Crippen LogP contribution is -3.27. The summed E-state index contributed by atoms with van der Waals surface area (Å²) < 4.78 is 2.03. The monoisotopic (exact) mass is 423 g/mol. The zero-order valence-corrected chi connectivity index (χ0v) is 18.7. The molecule has 0 amide bonds. The summed E-state index contributed by atoms with van der Waals surface area (Å²) in [5.74, 6) is 0.844. The van der Waals surface area contributed by atoms with E-state index in [4.69, 9.17) is 0 Å². The molecular weight excluding hydrogens is 390 g/mol. The van der Waals surface area contributed by atoms with E-state index < -0.39 is 0 Å². The lowest BCUT2D eigenvalue weighted by Gasteiger charge is -2.33. The van der Waals surface area contributed by atoms with Crippen molar-refractivity contribution in [3.05, 3.63) is 51.1 Å². The minimum Gasteiger partial charge on any atom is -0.328 e. The van der Waals surface area contributed by atoms with Crippen molar-refractivity contribution >= 4 is 10.9 Å². The van der Waals surface area contributed by atoms with Crippen LogP contribution in [0.1, 0.15) is 60.3 Å². The third-order valence-corrected chi connectivity index (χ3v) is 7.38. The molecule has 3 aromatic rings. The summed E-state index contributed by atoms with van der Waals surface area (Å²) in [6.07, 6.45) is 4.65. The van der Waals surface area contributed by atoms with Gasteiger partial charge in [0.1, 0.15) is 26.2 Å². The Labute approximate surface area is 182 Å². The van der Waals surface area contributed by atoms with E-state index in [9.17, 15) is 4.79 Å². The van der Waals surface area contributed by atoms with Crippen molar-refractivity contribution in [3.63, 3.8) is 0 Å². The molecule has 1 saturated carbocycles. The average molecular weight is 424 g/mol. The van der Waals surface area contributed by atoms with Gasteiger partial charge >= 0.3 is 0 Å². The van der Waals surface area contributed by atoms with Crippen molar-refractivity contribution in [3.8, 4) is 0 Å². The molecule has 0 unspecified atom stereocenters. The smallest absolute Gasteiger partial charge is 0.258 e. The number of aromatic amines is 1. The number of tetrazole rings is 1. The second kappa shape index (κ2) is 8.16. The van der Waals surface area contributed by atoms with Gasteiger partial charge in [0.2, 0.25) is 5.82 Å². The molecule has 0 radical (unpaired) electrons. The molecule has 1 aromatic carbocycles. The fourth-order valence-corrected chi connectivity index (χ4v) is 5.43. The predicted molar refractivity (Wildman–Crippen MR) is 119 cm³/mol. The predicted octanol–water partition coefficient (Wildman–Crippen LogP) is -0.251. The fraction of sp³-hybridized carbons (Fsp3) is 0.565. The van der Waals surface area contributed by atoms with Crippen molar-refractivity contribution in [2.75, 3.05) is 33.2 Å². The molecule has 3 heterocycles. The highest BCUT2D eigenvalue weighted by Crippen LogP contribution is 2.31. The number of pyridine rings is 1. The van der Waals surface area contributed by atoms with Gasteiger partial charge in [0.25, 0.3) is 5.56 Å². The highest BCUT2D eigenvalue weighted by molar-refractivity contribution is 5.85. The van der Waals surface area contributed by atoms with E-state index in [1.165, 1.54) is 28.2 Å². The Kier molecular flexibility index (Phi) is 5.35. The first-order valence-corrected chi connectivity index (χ1v) is 11.6. The van der Waals surface area contributed by atoms with Crippen LogP contribution in [0.2, 0.25) is 0 Å². The number of fused-ring (bicyclic) bond motifs is 1. The Balaban J connectivity index is 1.67. The van der Waals surface area contributed by atoms with Crippen LogP contribution in [0.15, 0.2) is 23.0 Å². The topological polar surface area (TPSA) is 85.3 Å². The summed E-state index contributed by atoms with van der Waals surface area (Å²) >= 11 is 0. The summed E-state index contributed by atoms with van der Waals surface area (Å²) in [6.45, 7) is 8.31. The summed E-state index contributed by atoms with van der Waals surface area (Å²) in [6, 6.07) is 6.49. The molecule has 1 atom stereocenters. The Morgan fingerprint density at radius 3 is 2.55 bits per heavy atom. The fourth-order valence-electron chi connectivity index (χ4n) is 5.43. The number of piperazine rings is 1. The van der Waals surface area contributed by atoms with Crippen molar-refractivity contribution in [2.24, 2.45) is 0 Å². The first kappa shape index (κ1) is 20.3. The molecule has 31 heavy (non-hydrogen) atoms. The number of nitrogens with zero attached hydrogens (tertiary/aromatic N) is 4. The molecule has 8 heteroatoms. The number of benzene rings is 1. The highest BCUT2D eigenvalue weighted by Gasteiger charge is 2.38. The van der Waals surface area contributed by atoms with Crippen LogP contribution in [0.5, 0.6) is 0 Å². The molecule has 2 aromatic heterocycles. The van der Waals surface area contributed by atoms with Gasteiger partial charge in [0.15, 0.2) is 6.04 Å². The standard InChI is InChI=1S/C23H31N7O/c1-15-8-9-16(2)20-18(15)14-19(23(31)24-20)21(29-12-10-28(3)11-13-29)22-25-26-27-30(22)17-6-4-5-7-17/h8-9,14,17,21H,4-7,10-13H2,1-3H3,(H,24,31)/p+2/t21-/m1/s1. The maximum atomic E-state index is 13.4. The maximum Gasteiger partial charge on any atom is 0.258 e. The zero-order chi connectivity index (χ0) is 21.5. The van der Waals surface area contributed by atoms with Crippen LogP contribution in [-0.4, -0.2) is 58.4 Å². The van der Waals surface area contributed by atoms with E-state index in [1.54, 1.807) is 0 Å². The van der Waals surface area contributed by atoms with Gasteiger partial charge in [-0.05, 0) is 54.3 Å². The number of aryl methyl sites for hydroxylation is 2. The number of likely N-dealkylation sites (N-methyl/N-ethyl adjacent to an activating group) is 1. The average Bonchev–Trinajstić information content (AvgIpc) is 3.45. The van der Waals surface area contributed by atoms with E-state index in [2.05, 4.69) is 52.7 Å². The maximum absolute atomic E-state index is 13.4. The molecule has 1 aliphatic carbocycles. The highest BCUT2D eigenvalue weighted by atomic mass is 16.1. The van der Waals surface area contributed by atoms with Crippen LogP contribution < -0.4 is 15.4 Å². The Morgan fingerprint density at radius 1 is 1.10 bits per heavy atom. The van der Waals surface area contributed by atoms with E-state index in [-0.39, 0.29) is 11.6 Å². The first-order valence-electron chi connectivity index (χ1n) is 11.6. The Hall–Kier alpha value is -2.58. The minimum absolute atomic E-state index is 0.0223. The summed E-state index contributed by atoms with van der Waals surface area (Å²) in [5, 5.41) is 14.1. The van der Waals surface area contributed by atoms with Crippen molar-refractivity contribution < 1.29 is 9.80 Å². The molecule has 0 bridgehead atoms. The van der Waals surface area contributed by atoms with Crippen LogP contribution in [-0.2, 0) is 0 Å². The van der Waals surface area contributed by atoms with Crippen LogP contribution in [0, 0.1) is 13.8 Å². The van der Waals surface area contributed by atoms with E-state index in [0.29, 0.717) is 6.04 Å². The van der Waals surface area contributed by atoms with Crippen molar-refractivity contribution in [1.82, 2.24) is 25.2 Å². The van der Waals surface area contributed by atoms with Crippen LogP contribution in [0.3, 0.4) is 0 Å². The molecule has 1 aliphatic heterocycles. The molecule has 2 aliphatic rings.